The molecule has 0 radical (unpaired) electrons. The van der Waals surface area contributed by atoms with Gasteiger partial charge in [-0.2, -0.15) is 0 Å². The number of phenols is 2. The fourth-order valence-corrected chi connectivity index (χ4v) is 1.96. The first-order valence-electron chi connectivity index (χ1n) is 7.94. The summed E-state index contributed by atoms with van der Waals surface area (Å²) in [6.45, 7) is 1.44. The molecule has 0 atom stereocenters. The minimum absolute atomic E-state index is 0.0428. The summed E-state index contributed by atoms with van der Waals surface area (Å²) in [6, 6.07) is 7.28. The molecule has 0 amide bonds. The van der Waals surface area contributed by atoms with E-state index >= 15 is 0 Å². The van der Waals surface area contributed by atoms with Crippen LogP contribution in [0, 0.1) is 11.6 Å². The van der Waals surface area contributed by atoms with Crippen LogP contribution in [0.3, 0.4) is 0 Å². The zero-order valence-electron chi connectivity index (χ0n) is 14.0. The Morgan fingerprint density at radius 1 is 0.615 bits per heavy atom. The molecule has 0 fully saturated rings. The molecule has 0 saturated carbocycles. The molecule has 26 heavy (non-hydrogen) atoms. The fraction of sp³-hybridized carbons (Fsp3) is 0.333. The smallest absolute Gasteiger partial charge is 0.168 e. The van der Waals surface area contributed by atoms with Gasteiger partial charge in [-0.25, -0.2) is 8.78 Å². The first-order chi connectivity index (χ1) is 12.6. The number of rotatable bonds is 11. The lowest BCUT2D eigenvalue weighted by Gasteiger charge is -2.09. The van der Waals surface area contributed by atoms with Crippen LogP contribution >= 0.6 is 0 Å². The van der Waals surface area contributed by atoms with Crippen molar-refractivity contribution in [3.05, 3.63) is 48.0 Å². The SMILES string of the molecule is Oc1ccc(OCCOCCOCCOc2ccc(O)cc2F)c(F)c1. The van der Waals surface area contributed by atoms with E-state index in [1.54, 1.807) is 0 Å². The number of hydrogen-bond acceptors (Lipinski definition) is 6. The van der Waals surface area contributed by atoms with Gasteiger partial charge >= 0.3 is 0 Å². The average molecular weight is 370 g/mol. The zero-order valence-corrected chi connectivity index (χ0v) is 14.0. The third kappa shape index (κ3) is 6.73. The predicted octanol–water partition coefficient (Wildman–Crippen LogP) is 2.87. The molecule has 0 aliphatic heterocycles. The lowest BCUT2D eigenvalue weighted by Crippen LogP contribution is -2.13. The monoisotopic (exact) mass is 370 g/mol. The lowest BCUT2D eigenvalue weighted by molar-refractivity contribution is 0.0267. The molecule has 0 unspecified atom stereocenters. The summed E-state index contributed by atoms with van der Waals surface area (Å²) >= 11 is 0. The van der Waals surface area contributed by atoms with Gasteiger partial charge in [-0.15, -0.1) is 0 Å². The molecule has 2 N–H and O–H groups in total. The second-order valence-corrected chi connectivity index (χ2v) is 5.15. The highest BCUT2D eigenvalue weighted by molar-refractivity contribution is 5.32. The average Bonchev–Trinajstić information content (AvgIpc) is 2.59. The molecule has 0 aromatic heterocycles. The predicted molar refractivity (Wildman–Crippen MR) is 88.8 cm³/mol. The highest BCUT2D eigenvalue weighted by Gasteiger charge is 2.05. The fourth-order valence-electron chi connectivity index (χ4n) is 1.96. The summed E-state index contributed by atoms with van der Waals surface area (Å²) in [5.74, 6) is -1.53. The summed E-state index contributed by atoms with van der Waals surface area (Å²) in [7, 11) is 0. The quantitative estimate of drug-likeness (QED) is 0.593. The van der Waals surface area contributed by atoms with Crippen molar-refractivity contribution in [2.75, 3.05) is 39.6 Å². The number of hydrogen-bond donors (Lipinski definition) is 2. The van der Waals surface area contributed by atoms with Crippen molar-refractivity contribution in [1.82, 2.24) is 0 Å². The van der Waals surface area contributed by atoms with Crippen molar-refractivity contribution in [3.8, 4) is 23.0 Å². The third-order valence-corrected chi connectivity index (χ3v) is 3.17. The first kappa shape index (κ1) is 19.7. The second kappa shape index (κ2) is 10.4. The van der Waals surface area contributed by atoms with Gasteiger partial charge < -0.3 is 29.2 Å². The molecule has 6 nitrogen and oxygen atoms in total. The van der Waals surface area contributed by atoms with E-state index in [4.69, 9.17) is 29.2 Å². The Balaban J connectivity index is 1.47. The number of phenolic OH excluding ortho intramolecular Hbond substituents is 2. The van der Waals surface area contributed by atoms with Crippen LogP contribution in [0.1, 0.15) is 0 Å². The second-order valence-electron chi connectivity index (χ2n) is 5.15. The van der Waals surface area contributed by atoms with Crippen LogP contribution < -0.4 is 9.47 Å². The topological polar surface area (TPSA) is 77.4 Å². The maximum atomic E-state index is 13.4. The maximum Gasteiger partial charge on any atom is 0.168 e. The molecular formula is C18H20F2O6. The molecule has 0 heterocycles. The summed E-state index contributed by atoms with van der Waals surface area (Å²) in [6.07, 6.45) is 0. The number of aromatic hydroxyl groups is 2. The Bertz CT molecular complexity index is 636. The van der Waals surface area contributed by atoms with Gasteiger partial charge in [0, 0.05) is 12.1 Å². The number of benzene rings is 2. The molecule has 0 bridgehead atoms. The highest BCUT2D eigenvalue weighted by atomic mass is 19.1. The Kier molecular flexibility index (Phi) is 7.91. The van der Waals surface area contributed by atoms with Crippen molar-refractivity contribution in [2.45, 2.75) is 0 Å². The Labute approximate surface area is 149 Å². The van der Waals surface area contributed by atoms with Gasteiger partial charge in [0.25, 0.3) is 0 Å². The van der Waals surface area contributed by atoms with Crippen molar-refractivity contribution < 1.29 is 37.9 Å². The molecule has 142 valence electrons. The van der Waals surface area contributed by atoms with Gasteiger partial charge in [0.2, 0.25) is 0 Å². The zero-order chi connectivity index (χ0) is 18.8. The summed E-state index contributed by atoms with van der Waals surface area (Å²) in [5.41, 5.74) is 0. The van der Waals surface area contributed by atoms with E-state index in [-0.39, 0.29) is 49.4 Å². The summed E-state index contributed by atoms with van der Waals surface area (Å²) in [4.78, 5) is 0. The first-order valence-corrected chi connectivity index (χ1v) is 7.94. The van der Waals surface area contributed by atoms with Crippen molar-refractivity contribution in [1.29, 1.82) is 0 Å². The van der Waals surface area contributed by atoms with Crippen LogP contribution in [0.2, 0.25) is 0 Å². The molecule has 2 aromatic rings. The molecule has 2 rings (SSSR count). The molecular weight excluding hydrogens is 350 g/mol. The Morgan fingerprint density at radius 3 is 1.38 bits per heavy atom. The van der Waals surface area contributed by atoms with E-state index in [9.17, 15) is 8.78 Å². The van der Waals surface area contributed by atoms with Crippen LogP contribution in [-0.2, 0) is 9.47 Å². The Morgan fingerprint density at radius 2 is 1.00 bits per heavy atom. The summed E-state index contributed by atoms with van der Waals surface area (Å²) in [5, 5.41) is 18.2. The van der Waals surface area contributed by atoms with Gasteiger partial charge in [-0.3, -0.25) is 0 Å². The molecule has 0 aliphatic rings. The van der Waals surface area contributed by atoms with Crippen LogP contribution in [0.25, 0.3) is 0 Å². The van der Waals surface area contributed by atoms with E-state index in [1.165, 1.54) is 24.3 Å². The van der Waals surface area contributed by atoms with Crippen molar-refractivity contribution in [2.24, 2.45) is 0 Å². The lowest BCUT2D eigenvalue weighted by atomic mass is 10.3. The molecule has 2 aromatic carbocycles. The van der Waals surface area contributed by atoms with Gasteiger partial charge in [0.1, 0.15) is 24.7 Å². The minimum Gasteiger partial charge on any atom is -0.508 e. The van der Waals surface area contributed by atoms with Crippen LogP contribution in [0.4, 0.5) is 8.78 Å². The summed E-state index contributed by atoms with van der Waals surface area (Å²) < 4.78 is 47.6. The normalized spacial score (nSPS) is 10.7. The maximum absolute atomic E-state index is 13.4. The number of halogens is 2. The van der Waals surface area contributed by atoms with E-state index in [0.717, 1.165) is 12.1 Å². The highest BCUT2D eigenvalue weighted by Crippen LogP contribution is 2.22. The third-order valence-electron chi connectivity index (χ3n) is 3.17. The Hall–Kier alpha value is -2.58. The van der Waals surface area contributed by atoms with E-state index in [2.05, 4.69) is 0 Å². The van der Waals surface area contributed by atoms with Crippen molar-refractivity contribution >= 4 is 0 Å². The number of ether oxygens (including phenoxy) is 4. The molecule has 0 saturated heterocycles. The van der Waals surface area contributed by atoms with Crippen LogP contribution in [0.15, 0.2) is 36.4 Å². The van der Waals surface area contributed by atoms with Crippen molar-refractivity contribution in [3.63, 3.8) is 0 Å². The van der Waals surface area contributed by atoms with E-state index in [0.29, 0.717) is 13.2 Å². The van der Waals surface area contributed by atoms with Gasteiger partial charge in [-0.1, -0.05) is 0 Å². The van der Waals surface area contributed by atoms with Gasteiger partial charge in [-0.05, 0) is 24.3 Å². The van der Waals surface area contributed by atoms with E-state index < -0.39 is 11.6 Å². The van der Waals surface area contributed by atoms with Crippen LogP contribution in [0.5, 0.6) is 23.0 Å². The minimum atomic E-state index is -0.640. The van der Waals surface area contributed by atoms with Gasteiger partial charge in [0.05, 0.1) is 26.4 Å². The van der Waals surface area contributed by atoms with Crippen LogP contribution in [-0.4, -0.2) is 49.9 Å². The van der Waals surface area contributed by atoms with E-state index in [1.807, 2.05) is 0 Å². The standard InChI is InChI=1S/C18H20F2O6/c19-15-11-13(21)1-3-17(15)25-9-7-23-5-6-24-8-10-26-18-4-2-14(22)12-16(18)20/h1-4,11-12,21-22H,5-10H2. The van der Waals surface area contributed by atoms with Gasteiger partial charge in [0.15, 0.2) is 23.1 Å². The largest absolute Gasteiger partial charge is 0.508 e. The molecule has 0 spiro atoms. The molecule has 0 aliphatic carbocycles. The molecule has 8 heteroatoms.